The summed E-state index contributed by atoms with van der Waals surface area (Å²) in [5.74, 6) is -2.76. The number of ether oxygens (including phenoxy) is 1. The predicted octanol–water partition coefficient (Wildman–Crippen LogP) is 2.76. The molecule has 0 saturated carbocycles. The molecule has 0 aliphatic heterocycles. The molecule has 0 saturated heterocycles. The monoisotopic (exact) mass is 270 g/mol. The first kappa shape index (κ1) is 15.5. The van der Waals surface area contributed by atoms with Crippen LogP contribution in [0, 0.1) is 0 Å². The number of hydrogen-bond donors (Lipinski definition) is 1. The third-order valence-corrected chi connectivity index (χ3v) is 2.68. The van der Waals surface area contributed by atoms with Gasteiger partial charge in [0.1, 0.15) is 0 Å². The molecule has 94 valence electrons. The highest BCUT2D eigenvalue weighted by atomic mass is 35.5. The molecule has 1 atom stereocenters. The van der Waals surface area contributed by atoms with Gasteiger partial charge in [0.25, 0.3) is 0 Å². The molecule has 6 heteroatoms. The van der Waals surface area contributed by atoms with Gasteiger partial charge in [0.2, 0.25) is 0 Å². The first-order chi connectivity index (χ1) is 7.32. The molecule has 0 spiro atoms. The van der Waals surface area contributed by atoms with Gasteiger partial charge in [-0.05, 0) is 19.8 Å². The van der Waals surface area contributed by atoms with Crippen molar-refractivity contribution in [2.75, 3.05) is 0 Å². The molecule has 0 aromatic rings. The first-order valence-corrected chi connectivity index (χ1v) is 5.90. The highest BCUT2D eigenvalue weighted by molar-refractivity contribution is 6.66. The number of alkyl halides is 2. The lowest BCUT2D eigenvalue weighted by atomic mass is 10.1. The molecule has 1 N–H and O–H groups in total. The molecular weight excluding hydrogens is 255 g/mol. The molecular formula is C10H16Cl2O4. The summed E-state index contributed by atoms with van der Waals surface area (Å²) in [4.78, 5) is 21.8. The number of rotatable bonds is 7. The van der Waals surface area contributed by atoms with Gasteiger partial charge < -0.3 is 9.84 Å². The number of aliphatic carboxylic acids is 1. The summed E-state index contributed by atoms with van der Waals surface area (Å²) in [6.45, 7) is 3.74. The van der Waals surface area contributed by atoms with Gasteiger partial charge in [0, 0.05) is 0 Å². The van der Waals surface area contributed by atoms with Crippen molar-refractivity contribution >= 4 is 35.1 Å². The van der Waals surface area contributed by atoms with Crippen LogP contribution in [0.1, 0.15) is 39.5 Å². The van der Waals surface area contributed by atoms with Crippen molar-refractivity contribution in [3.8, 4) is 0 Å². The van der Waals surface area contributed by atoms with Crippen LogP contribution in [0.3, 0.4) is 0 Å². The fraction of sp³-hybridized carbons (Fsp3) is 0.800. The molecule has 0 radical (unpaired) electrons. The van der Waals surface area contributed by atoms with Gasteiger partial charge in [-0.1, -0.05) is 43.0 Å². The molecule has 0 bridgehead atoms. The Morgan fingerprint density at radius 1 is 1.38 bits per heavy atom. The number of hydrogen-bond acceptors (Lipinski definition) is 3. The maximum absolute atomic E-state index is 11.3. The molecule has 0 aromatic heterocycles. The summed E-state index contributed by atoms with van der Waals surface area (Å²) in [6.07, 6.45) is 3.30. The zero-order chi connectivity index (χ0) is 12.8. The van der Waals surface area contributed by atoms with Crippen LogP contribution in [0.2, 0.25) is 0 Å². The van der Waals surface area contributed by atoms with E-state index < -0.39 is 16.3 Å². The molecule has 0 heterocycles. The lowest BCUT2D eigenvalue weighted by Crippen LogP contribution is -2.38. The Hall–Kier alpha value is -0.480. The number of carboxylic acids is 1. The predicted molar refractivity (Wildman–Crippen MR) is 61.8 cm³/mol. The molecule has 4 nitrogen and oxygen atoms in total. The number of unbranched alkanes of at least 4 members (excludes halogenated alkanes) is 2. The molecule has 1 unspecified atom stereocenters. The van der Waals surface area contributed by atoms with Gasteiger partial charge in [0.05, 0.1) is 6.10 Å². The highest BCUT2D eigenvalue weighted by Crippen LogP contribution is 2.24. The molecule has 16 heavy (non-hydrogen) atoms. The Balaban J connectivity index is 4.09. The van der Waals surface area contributed by atoms with Crippen molar-refractivity contribution < 1.29 is 19.4 Å². The van der Waals surface area contributed by atoms with Crippen LogP contribution in [0.5, 0.6) is 0 Å². The van der Waals surface area contributed by atoms with E-state index in [0.717, 1.165) is 19.3 Å². The molecule has 0 fully saturated rings. The second-order valence-corrected chi connectivity index (χ2v) is 4.92. The van der Waals surface area contributed by atoms with Gasteiger partial charge in [-0.3, -0.25) is 0 Å². The maximum atomic E-state index is 11.3. The Morgan fingerprint density at radius 2 is 1.94 bits per heavy atom. The Kier molecular flexibility index (Phi) is 6.76. The van der Waals surface area contributed by atoms with Gasteiger partial charge in [-0.25, -0.2) is 9.59 Å². The van der Waals surface area contributed by atoms with Crippen molar-refractivity contribution in [1.82, 2.24) is 0 Å². The standard InChI is InChI=1S/C10H16Cl2O4/c1-3-4-5-6-7(2)16-9(15)10(11,12)8(13)14/h7H,3-6H2,1-2H3,(H,13,14). The third-order valence-electron chi connectivity index (χ3n) is 2.05. The van der Waals surface area contributed by atoms with Crippen molar-refractivity contribution in [3.05, 3.63) is 0 Å². The van der Waals surface area contributed by atoms with E-state index >= 15 is 0 Å². The number of carbonyl (C=O) groups excluding carboxylic acids is 1. The van der Waals surface area contributed by atoms with Crippen LogP contribution in [0.15, 0.2) is 0 Å². The SMILES string of the molecule is CCCCCC(C)OC(=O)C(Cl)(Cl)C(=O)O. The quantitative estimate of drug-likeness (QED) is 0.334. The van der Waals surface area contributed by atoms with Gasteiger partial charge in [0.15, 0.2) is 0 Å². The third kappa shape index (κ3) is 5.03. The van der Waals surface area contributed by atoms with Gasteiger partial charge in [-0.15, -0.1) is 0 Å². The molecule has 0 aliphatic rings. The molecule has 0 rings (SSSR count). The van der Waals surface area contributed by atoms with Crippen LogP contribution < -0.4 is 0 Å². The molecule has 0 amide bonds. The second kappa shape index (κ2) is 6.97. The zero-order valence-electron chi connectivity index (χ0n) is 9.33. The van der Waals surface area contributed by atoms with E-state index in [1.165, 1.54) is 0 Å². The minimum Gasteiger partial charge on any atom is -0.479 e. The van der Waals surface area contributed by atoms with E-state index in [4.69, 9.17) is 33.0 Å². The van der Waals surface area contributed by atoms with E-state index in [-0.39, 0.29) is 6.10 Å². The fourth-order valence-electron chi connectivity index (χ4n) is 1.08. The summed E-state index contributed by atoms with van der Waals surface area (Å²) in [5.41, 5.74) is 0. The van der Waals surface area contributed by atoms with Gasteiger partial charge in [-0.2, -0.15) is 0 Å². The van der Waals surface area contributed by atoms with Crippen LogP contribution in [-0.4, -0.2) is 27.5 Å². The smallest absolute Gasteiger partial charge is 0.354 e. The summed E-state index contributed by atoms with van der Waals surface area (Å²) in [5, 5.41) is 8.57. The molecule has 0 aliphatic carbocycles. The summed E-state index contributed by atoms with van der Waals surface area (Å²) in [7, 11) is 0. The highest BCUT2D eigenvalue weighted by Gasteiger charge is 2.44. The molecule has 0 aromatic carbocycles. The number of carbonyl (C=O) groups is 2. The number of halogens is 2. The van der Waals surface area contributed by atoms with E-state index in [1.54, 1.807) is 6.92 Å². The topological polar surface area (TPSA) is 63.6 Å². The van der Waals surface area contributed by atoms with E-state index in [2.05, 4.69) is 6.92 Å². The number of carboxylic acid groups (broad SMARTS) is 1. The van der Waals surface area contributed by atoms with Crippen molar-refractivity contribution in [1.29, 1.82) is 0 Å². The summed E-state index contributed by atoms with van der Waals surface area (Å²) in [6, 6.07) is 0. The van der Waals surface area contributed by atoms with E-state index in [1.807, 2.05) is 0 Å². The van der Waals surface area contributed by atoms with Crippen LogP contribution in [0.4, 0.5) is 0 Å². The van der Waals surface area contributed by atoms with Crippen molar-refractivity contribution in [2.45, 2.75) is 50.0 Å². The van der Waals surface area contributed by atoms with Crippen molar-refractivity contribution in [2.24, 2.45) is 0 Å². The normalized spacial score (nSPS) is 13.2. The van der Waals surface area contributed by atoms with Gasteiger partial charge >= 0.3 is 16.3 Å². The largest absolute Gasteiger partial charge is 0.479 e. The Labute approximate surface area is 105 Å². The second-order valence-electron chi connectivity index (χ2n) is 3.59. The van der Waals surface area contributed by atoms with E-state index in [9.17, 15) is 9.59 Å². The lowest BCUT2D eigenvalue weighted by Gasteiger charge is -2.17. The minimum absolute atomic E-state index is 0.379. The first-order valence-electron chi connectivity index (χ1n) is 5.14. The van der Waals surface area contributed by atoms with E-state index in [0.29, 0.717) is 6.42 Å². The van der Waals surface area contributed by atoms with Crippen LogP contribution in [-0.2, 0) is 14.3 Å². The fourth-order valence-corrected chi connectivity index (χ4v) is 1.17. The van der Waals surface area contributed by atoms with Crippen LogP contribution in [0.25, 0.3) is 0 Å². The maximum Gasteiger partial charge on any atom is 0.354 e. The Morgan fingerprint density at radius 3 is 2.38 bits per heavy atom. The Bertz CT molecular complexity index is 253. The van der Waals surface area contributed by atoms with Crippen LogP contribution >= 0.6 is 23.2 Å². The minimum atomic E-state index is -2.51. The lowest BCUT2D eigenvalue weighted by molar-refractivity contribution is -0.156. The number of esters is 1. The van der Waals surface area contributed by atoms with Crippen molar-refractivity contribution in [3.63, 3.8) is 0 Å². The summed E-state index contributed by atoms with van der Waals surface area (Å²) >= 11 is 10.6. The average molecular weight is 271 g/mol. The average Bonchev–Trinajstić information content (AvgIpc) is 2.17. The summed E-state index contributed by atoms with van der Waals surface area (Å²) < 4.78 is 2.32. The zero-order valence-corrected chi connectivity index (χ0v) is 10.8.